The fourth-order valence-electron chi connectivity index (χ4n) is 2.20. The van der Waals surface area contributed by atoms with E-state index in [4.69, 9.17) is 4.74 Å². The first-order chi connectivity index (χ1) is 8.97. The third-order valence-electron chi connectivity index (χ3n) is 3.05. The standard InChI is InChI=1S/C17H29NO/c1-13(2)12-18-8-6-7-16(5)19-17-10-14(3)9-15(4)11-17/h9-11,13,16,18H,6-8,12H2,1-5H3. The van der Waals surface area contributed by atoms with Crippen LogP contribution in [0.3, 0.4) is 0 Å². The van der Waals surface area contributed by atoms with Crippen molar-refractivity contribution in [3.05, 3.63) is 29.3 Å². The Balaban J connectivity index is 2.25. The summed E-state index contributed by atoms with van der Waals surface area (Å²) in [6, 6.07) is 6.40. The van der Waals surface area contributed by atoms with Gasteiger partial charge in [-0.05, 0) is 75.9 Å². The van der Waals surface area contributed by atoms with E-state index in [1.165, 1.54) is 17.5 Å². The lowest BCUT2D eigenvalue weighted by molar-refractivity contribution is 0.207. The third kappa shape index (κ3) is 7.22. The molecule has 1 atom stereocenters. The lowest BCUT2D eigenvalue weighted by atomic mass is 10.1. The van der Waals surface area contributed by atoms with Gasteiger partial charge in [0.2, 0.25) is 0 Å². The topological polar surface area (TPSA) is 21.3 Å². The lowest BCUT2D eigenvalue weighted by Gasteiger charge is -2.16. The molecule has 2 nitrogen and oxygen atoms in total. The van der Waals surface area contributed by atoms with E-state index >= 15 is 0 Å². The fourth-order valence-corrected chi connectivity index (χ4v) is 2.20. The summed E-state index contributed by atoms with van der Waals surface area (Å²) in [6.07, 6.45) is 2.54. The molecule has 0 amide bonds. The van der Waals surface area contributed by atoms with Crippen molar-refractivity contribution in [2.24, 2.45) is 5.92 Å². The zero-order chi connectivity index (χ0) is 14.3. The molecule has 1 aromatic carbocycles. The Labute approximate surface area is 118 Å². The van der Waals surface area contributed by atoms with E-state index in [1.807, 2.05) is 0 Å². The van der Waals surface area contributed by atoms with Gasteiger partial charge in [0.15, 0.2) is 0 Å². The Morgan fingerprint density at radius 1 is 1.05 bits per heavy atom. The average Bonchev–Trinajstić information content (AvgIpc) is 2.26. The molecular weight excluding hydrogens is 234 g/mol. The van der Waals surface area contributed by atoms with E-state index in [2.05, 4.69) is 58.1 Å². The van der Waals surface area contributed by atoms with Gasteiger partial charge in [0.05, 0.1) is 6.10 Å². The van der Waals surface area contributed by atoms with Crippen LogP contribution in [-0.2, 0) is 0 Å². The predicted molar refractivity (Wildman–Crippen MR) is 82.9 cm³/mol. The van der Waals surface area contributed by atoms with Crippen LogP contribution in [-0.4, -0.2) is 19.2 Å². The smallest absolute Gasteiger partial charge is 0.120 e. The number of hydrogen-bond donors (Lipinski definition) is 1. The highest BCUT2D eigenvalue weighted by Gasteiger charge is 2.05. The minimum Gasteiger partial charge on any atom is -0.491 e. The maximum absolute atomic E-state index is 5.98. The maximum Gasteiger partial charge on any atom is 0.120 e. The predicted octanol–water partition coefficient (Wildman–Crippen LogP) is 4.10. The summed E-state index contributed by atoms with van der Waals surface area (Å²) in [5.41, 5.74) is 2.53. The normalized spacial score (nSPS) is 12.7. The maximum atomic E-state index is 5.98. The molecule has 0 bridgehead atoms. The first kappa shape index (κ1) is 16.0. The van der Waals surface area contributed by atoms with Gasteiger partial charge >= 0.3 is 0 Å². The fraction of sp³-hybridized carbons (Fsp3) is 0.647. The summed E-state index contributed by atoms with van der Waals surface area (Å²) in [5, 5.41) is 3.47. The minimum absolute atomic E-state index is 0.280. The van der Waals surface area contributed by atoms with Crippen LogP contribution in [0.1, 0.15) is 44.7 Å². The second-order valence-corrected chi connectivity index (χ2v) is 5.99. The van der Waals surface area contributed by atoms with Crippen molar-refractivity contribution >= 4 is 0 Å². The zero-order valence-electron chi connectivity index (χ0n) is 13.1. The van der Waals surface area contributed by atoms with Crippen LogP contribution in [0.5, 0.6) is 5.75 Å². The van der Waals surface area contributed by atoms with Crippen molar-refractivity contribution in [3.8, 4) is 5.75 Å². The minimum atomic E-state index is 0.280. The molecule has 0 aliphatic heterocycles. The number of benzene rings is 1. The van der Waals surface area contributed by atoms with Crippen molar-refractivity contribution in [1.82, 2.24) is 5.32 Å². The molecule has 2 heteroatoms. The first-order valence-electron chi connectivity index (χ1n) is 7.43. The van der Waals surface area contributed by atoms with Crippen LogP contribution in [0, 0.1) is 19.8 Å². The summed E-state index contributed by atoms with van der Waals surface area (Å²) < 4.78 is 5.98. The molecule has 0 heterocycles. The molecule has 19 heavy (non-hydrogen) atoms. The number of ether oxygens (including phenoxy) is 1. The average molecular weight is 263 g/mol. The zero-order valence-corrected chi connectivity index (χ0v) is 13.1. The van der Waals surface area contributed by atoms with Crippen LogP contribution in [0.15, 0.2) is 18.2 Å². The molecule has 0 saturated heterocycles. The van der Waals surface area contributed by atoms with Gasteiger partial charge in [0.1, 0.15) is 5.75 Å². The van der Waals surface area contributed by atoms with Crippen molar-refractivity contribution in [1.29, 1.82) is 0 Å². The molecule has 108 valence electrons. The highest BCUT2D eigenvalue weighted by molar-refractivity contribution is 5.33. The summed E-state index contributed by atoms with van der Waals surface area (Å²) >= 11 is 0. The number of hydrogen-bond acceptors (Lipinski definition) is 2. The summed E-state index contributed by atoms with van der Waals surface area (Å²) in [4.78, 5) is 0. The lowest BCUT2D eigenvalue weighted by Crippen LogP contribution is -2.22. The van der Waals surface area contributed by atoms with Crippen LogP contribution >= 0.6 is 0 Å². The summed E-state index contributed by atoms with van der Waals surface area (Å²) in [5.74, 6) is 1.73. The van der Waals surface area contributed by atoms with Gasteiger partial charge in [0.25, 0.3) is 0 Å². The van der Waals surface area contributed by atoms with E-state index in [0.717, 1.165) is 31.2 Å². The van der Waals surface area contributed by atoms with Gasteiger partial charge in [-0.3, -0.25) is 0 Å². The van der Waals surface area contributed by atoms with E-state index < -0.39 is 0 Å². The number of aryl methyl sites for hydroxylation is 2. The first-order valence-corrected chi connectivity index (χ1v) is 7.43. The Morgan fingerprint density at radius 3 is 2.26 bits per heavy atom. The van der Waals surface area contributed by atoms with Gasteiger partial charge < -0.3 is 10.1 Å². The molecule has 1 unspecified atom stereocenters. The van der Waals surface area contributed by atoms with Gasteiger partial charge in [-0.25, -0.2) is 0 Å². The third-order valence-corrected chi connectivity index (χ3v) is 3.05. The van der Waals surface area contributed by atoms with Crippen molar-refractivity contribution in [3.63, 3.8) is 0 Å². The highest BCUT2D eigenvalue weighted by atomic mass is 16.5. The largest absolute Gasteiger partial charge is 0.491 e. The second kappa shape index (κ2) is 8.21. The molecule has 0 fully saturated rings. The summed E-state index contributed by atoms with van der Waals surface area (Å²) in [6.45, 7) is 13.0. The molecule has 0 aliphatic rings. The molecule has 0 spiro atoms. The van der Waals surface area contributed by atoms with Crippen molar-refractivity contribution in [2.75, 3.05) is 13.1 Å². The van der Waals surface area contributed by atoms with E-state index in [1.54, 1.807) is 0 Å². The Bertz CT molecular complexity index is 353. The second-order valence-electron chi connectivity index (χ2n) is 5.99. The Kier molecular flexibility index (Phi) is 6.93. The van der Waals surface area contributed by atoms with E-state index in [-0.39, 0.29) is 6.10 Å². The Hall–Kier alpha value is -1.02. The van der Waals surface area contributed by atoms with Crippen LogP contribution < -0.4 is 10.1 Å². The van der Waals surface area contributed by atoms with Crippen LogP contribution in [0.25, 0.3) is 0 Å². The van der Waals surface area contributed by atoms with Crippen molar-refractivity contribution in [2.45, 2.75) is 53.6 Å². The van der Waals surface area contributed by atoms with Crippen molar-refractivity contribution < 1.29 is 4.74 Å². The molecule has 1 aromatic rings. The van der Waals surface area contributed by atoms with Gasteiger partial charge in [0, 0.05) is 0 Å². The summed E-state index contributed by atoms with van der Waals surface area (Å²) in [7, 11) is 0. The highest BCUT2D eigenvalue weighted by Crippen LogP contribution is 2.18. The monoisotopic (exact) mass is 263 g/mol. The Morgan fingerprint density at radius 2 is 1.68 bits per heavy atom. The van der Waals surface area contributed by atoms with E-state index in [9.17, 15) is 0 Å². The SMILES string of the molecule is Cc1cc(C)cc(OC(C)CCCNCC(C)C)c1. The van der Waals surface area contributed by atoms with Gasteiger partial charge in [-0.1, -0.05) is 19.9 Å². The van der Waals surface area contributed by atoms with Crippen LogP contribution in [0.4, 0.5) is 0 Å². The molecule has 0 aliphatic carbocycles. The van der Waals surface area contributed by atoms with Gasteiger partial charge in [-0.15, -0.1) is 0 Å². The molecule has 1 rings (SSSR count). The van der Waals surface area contributed by atoms with E-state index in [0.29, 0.717) is 0 Å². The van der Waals surface area contributed by atoms with Gasteiger partial charge in [-0.2, -0.15) is 0 Å². The molecule has 1 N–H and O–H groups in total. The quantitative estimate of drug-likeness (QED) is 0.713. The van der Waals surface area contributed by atoms with Crippen LogP contribution in [0.2, 0.25) is 0 Å². The molecule has 0 radical (unpaired) electrons. The molecule has 0 saturated carbocycles. The molecular formula is C17H29NO. The molecule has 0 aromatic heterocycles. The number of nitrogens with one attached hydrogen (secondary N) is 1. The number of rotatable bonds is 8.